The maximum Gasteiger partial charge on any atom is 0.0598 e. The molecule has 1 heterocycles. The molecule has 0 fully saturated rings. The molecule has 3 nitrogen and oxygen atoms in total. The molecule has 0 aromatic carbocycles. The van der Waals surface area contributed by atoms with Crippen molar-refractivity contribution in [3.05, 3.63) is 24.0 Å². The van der Waals surface area contributed by atoms with Crippen molar-refractivity contribution >= 4 is 5.69 Å². The molecule has 0 aliphatic rings. The summed E-state index contributed by atoms with van der Waals surface area (Å²) in [5.74, 6) is 0.669. The number of pyridine rings is 1. The third kappa shape index (κ3) is 4.35. The first kappa shape index (κ1) is 14.0. The predicted octanol–water partition coefficient (Wildman–Crippen LogP) is 2.67. The lowest BCUT2D eigenvalue weighted by atomic mass is 10.1. The molecule has 1 rings (SSSR count). The summed E-state index contributed by atoms with van der Waals surface area (Å²) in [7, 11) is 0. The van der Waals surface area contributed by atoms with E-state index < -0.39 is 0 Å². The molecule has 0 spiro atoms. The van der Waals surface area contributed by atoms with Gasteiger partial charge in [-0.1, -0.05) is 20.8 Å². The van der Waals surface area contributed by atoms with Crippen molar-refractivity contribution < 1.29 is 0 Å². The van der Waals surface area contributed by atoms with E-state index in [1.807, 2.05) is 12.4 Å². The van der Waals surface area contributed by atoms with E-state index in [1.165, 1.54) is 11.3 Å². The molecule has 0 amide bonds. The lowest BCUT2D eigenvalue weighted by Crippen LogP contribution is -2.29. The number of anilines is 1. The van der Waals surface area contributed by atoms with Gasteiger partial charge in [0, 0.05) is 25.8 Å². The average Bonchev–Trinajstić information content (AvgIpc) is 2.33. The smallest absolute Gasteiger partial charge is 0.0598 e. The molecule has 0 aliphatic heterocycles. The van der Waals surface area contributed by atoms with Crippen LogP contribution in [0.3, 0.4) is 0 Å². The van der Waals surface area contributed by atoms with Gasteiger partial charge in [0.2, 0.25) is 0 Å². The van der Waals surface area contributed by atoms with E-state index in [0.717, 1.165) is 26.2 Å². The summed E-state index contributed by atoms with van der Waals surface area (Å²) < 4.78 is 0. The summed E-state index contributed by atoms with van der Waals surface area (Å²) in [6, 6.07) is 2.11. The maximum atomic E-state index is 4.26. The van der Waals surface area contributed by atoms with Crippen LogP contribution in [0.5, 0.6) is 0 Å². The lowest BCUT2D eigenvalue weighted by Gasteiger charge is -2.27. The van der Waals surface area contributed by atoms with Crippen molar-refractivity contribution in [1.82, 2.24) is 10.3 Å². The third-order valence-corrected chi connectivity index (χ3v) is 2.76. The lowest BCUT2D eigenvalue weighted by molar-refractivity contribution is 0.614. The van der Waals surface area contributed by atoms with Crippen molar-refractivity contribution in [3.63, 3.8) is 0 Å². The summed E-state index contributed by atoms with van der Waals surface area (Å²) in [6.45, 7) is 12.9. The molecule has 0 unspecified atom stereocenters. The first-order valence-corrected chi connectivity index (χ1v) is 6.57. The fourth-order valence-electron chi connectivity index (χ4n) is 1.95. The van der Waals surface area contributed by atoms with Gasteiger partial charge < -0.3 is 10.2 Å². The van der Waals surface area contributed by atoms with Gasteiger partial charge in [-0.2, -0.15) is 0 Å². The monoisotopic (exact) mass is 235 g/mol. The summed E-state index contributed by atoms with van der Waals surface area (Å²) in [5, 5.41) is 3.38. The Balaban J connectivity index is 2.85. The van der Waals surface area contributed by atoms with Crippen LogP contribution in [0.4, 0.5) is 5.69 Å². The molecule has 0 bridgehead atoms. The first-order chi connectivity index (χ1) is 8.19. The normalized spacial score (nSPS) is 10.9. The Morgan fingerprint density at radius 1 is 1.35 bits per heavy atom. The zero-order valence-corrected chi connectivity index (χ0v) is 11.5. The summed E-state index contributed by atoms with van der Waals surface area (Å²) in [4.78, 5) is 6.67. The zero-order valence-electron chi connectivity index (χ0n) is 11.5. The molecule has 0 saturated carbocycles. The molecule has 0 saturated heterocycles. The van der Waals surface area contributed by atoms with E-state index in [-0.39, 0.29) is 0 Å². The number of aromatic nitrogens is 1. The number of nitrogens with one attached hydrogen (secondary N) is 1. The van der Waals surface area contributed by atoms with E-state index in [0.29, 0.717) is 5.92 Å². The Hall–Kier alpha value is -1.09. The largest absolute Gasteiger partial charge is 0.370 e. The maximum absolute atomic E-state index is 4.26. The molecular weight excluding hydrogens is 210 g/mol. The number of hydrogen-bond acceptors (Lipinski definition) is 3. The van der Waals surface area contributed by atoms with Crippen LogP contribution < -0.4 is 10.2 Å². The van der Waals surface area contributed by atoms with Crippen LogP contribution in [0, 0.1) is 5.92 Å². The van der Waals surface area contributed by atoms with Gasteiger partial charge in [0.05, 0.1) is 11.9 Å². The van der Waals surface area contributed by atoms with E-state index in [1.54, 1.807) is 0 Å². The average molecular weight is 235 g/mol. The summed E-state index contributed by atoms with van der Waals surface area (Å²) in [5.41, 5.74) is 2.61. The minimum Gasteiger partial charge on any atom is -0.370 e. The third-order valence-electron chi connectivity index (χ3n) is 2.76. The molecule has 0 atom stereocenters. The fourth-order valence-corrected chi connectivity index (χ4v) is 1.95. The highest BCUT2D eigenvalue weighted by Crippen LogP contribution is 2.20. The van der Waals surface area contributed by atoms with Gasteiger partial charge in [-0.25, -0.2) is 0 Å². The van der Waals surface area contributed by atoms with Crippen molar-refractivity contribution in [2.45, 2.75) is 34.2 Å². The van der Waals surface area contributed by atoms with Crippen LogP contribution in [0.15, 0.2) is 18.5 Å². The van der Waals surface area contributed by atoms with Gasteiger partial charge in [0.15, 0.2) is 0 Å². The molecule has 1 aromatic rings. The van der Waals surface area contributed by atoms with Crippen LogP contribution in [0.1, 0.15) is 33.3 Å². The fraction of sp³-hybridized carbons (Fsp3) is 0.643. The first-order valence-electron chi connectivity index (χ1n) is 6.57. The van der Waals surface area contributed by atoms with Crippen molar-refractivity contribution in [3.8, 4) is 0 Å². The number of hydrogen-bond donors (Lipinski definition) is 1. The minimum absolute atomic E-state index is 0.669. The number of rotatable bonds is 7. The second-order valence-electron chi connectivity index (χ2n) is 4.72. The molecule has 3 heteroatoms. The highest BCUT2D eigenvalue weighted by molar-refractivity contribution is 5.51. The standard InChI is InChI=1S/C14H25N3/c1-5-15-9-13-7-8-16-10-14(13)17(6-2)11-12(3)4/h7-8,10,12,15H,5-6,9,11H2,1-4H3. The van der Waals surface area contributed by atoms with E-state index in [2.05, 4.69) is 49.0 Å². The van der Waals surface area contributed by atoms with Crippen molar-refractivity contribution in [1.29, 1.82) is 0 Å². The Labute approximate surface area is 105 Å². The van der Waals surface area contributed by atoms with Gasteiger partial charge in [-0.15, -0.1) is 0 Å². The second kappa shape index (κ2) is 7.28. The SMILES string of the molecule is CCNCc1ccncc1N(CC)CC(C)C. The van der Waals surface area contributed by atoms with Crippen LogP contribution in [-0.4, -0.2) is 24.6 Å². The van der Waals surface area contributed by atoms with Crippen LogP contribution in [0.2, 0.25) is 0 Å². The highest BCUT2D eigenvalue weighted by Gasteiger charge is 2.10. The van der Waals surface area contributed by atoms with Crippen LogP contribution in [-0.2, 0) is 6.54 Å². The predicted molar refractivity (Wildman–Crippen MR) is 74.3 cm³/mol. The molecule has 0 radical (unpaired) electrons. The summed E-state index contributed by atoms with van der Waals surface area (Å²) >= 11 is 0. The molecule has 1 aromatic heterocycles. The highest BCUT2D eigenvalue weighted by atomic mass is 15.1. The molecule has 17 heavy (non-hydrogen) atoms. The zero-order chi connectivity index (χ0) is 12.7. The summed E-state index contributed by atoms with van der Waals surface area (Å²) in [6.07, 6.45) is 3.86. The molecule has 0 aliphatic carbocycles. The Morgan fingerprint density at radius 2 is 2.12 bits per heavy atom. The van der Waals surface area contributed by atoms with Gasteiger partial charge in [0.1, 0.15) is 0 Å². The van der Waals surface area contributed by atoms with Gasteiger partial charge in [-0.3, -0.25) is 4.98 Å². The Morgan fingerprint density at radius 3 is 2.71 bits per heavy atom. The van der Waals surface area contributed by atoms with Crippen LogP contribution in [0.25, 0.3) is 0 Å². The molecular formula is C14H25N3. The van der Waals surface area contributed by atoms with Gasteiger partial charge in [0.25, 0.3) is 0 Å². The van der Waals surface area contributed by atoms with E-state index in [9.17, 15) is 0 Å². The van der Waals surface area contributed by atoms with E-state index in [4.69, 9.17) is 0 Å². The molecule has 1 N–H and O–H groups in total. The van der Waals surface area contributed by atoms with Gasteiger partial charge in [-0.05, 0) is 31.0 Å². The number of nitrogens with zero attached hydrogens (tertiary/aromatic N) is 2. The quantitative estimate of drug-likeness (QED) is 0.787. The van der Waals surface area contributed by atoms with Gasteiger partial charge >= 0.3 is 0 Å². The van der Waals surface area contributed by atoms with Crippen molar-refractivity contribution in [2.24, 2.45) is 5.92 Å². The van der Waals surface area contributed by atoms with Crippen LogP contribution >= 0.6 is 0 Å². The second-order valence-corrected chi connectivity index (χ2v) is 4.72. The van der Waals surface area contributed by atoms with Crippen molar-refractivity contribution in [2.75, 3.05) is 24.5 Å². The molecule has 96 valence electrons. The Kier molecular flexibility index (Phi) is 5.98. The topological polar surface area (TPSA) is 28.2 Å². The Bertz CT molecular complexity index is 323. The minimum atomic E-state index is 0.669. The van der Waals surface area contributed by atoms with E-state index >= 15 is 0 Å².